The molecule has 1 fully saturated rings. The second-order valence-electron chi connectivity index (χ2n) is 5.57. The van der Waals surface area contributed by atoms with Gasteiger partial charge in [0.2, 0.25) is 5.91 Å². The van der Waals surface area contributed by atoms with Crippen LogP contribution in [-0.2, 0) is 19.1 Å². The van der Waals surface area contributed by atoms with Crippen molar-refractivity contribution in [3.05, 3.63) is 47.4 Å². The fraction of sp³-hybridized carbons (Fsp3) is 0.312. The van der Waals surface area contributed by atoms with Crippen LogP contribution >= 0.6 is 11.8 Å². The maximum Gasteiger partial charge on any atom is 0.356 e. The van der Waals surface area contributed by atoms with E-state index in [1.54, 1.807) is 24.3 Å². The van der Waals surface area contributed by atoms with Crippen LogP contribution in [0, 0.1) is 0 Å². The Morgan fingerprint density at radius 1 is 1.40 bits per heavy atom. The third kappa shape index (κ3) is 2.96. The van der Waals surface area contributed by atoms with Gasteiger partial charge in [0.1, 0.15) is 23.2 Å². The number of carboxylic acids is 1. The topological polar surface area (TPSA) is 122 Å². The minimum Gasteiger partial charge on any atom is -0.498 e. The predicted octanol–water partition coefficient (Wildman–Crippen LogP) is 0.0289. The minimum absolute atomic E-state index is 0.172. The number of carboxylic acid groups (broad SMARTS) is 1. The van der Waals surface area contributed by atoms with Gasteiger partial charge in [0.05, 0.1) is 12.9 Å². The number of nitrogens with zero attached hydrogens (tertiary/aromatic N) is 1. The lowest BCUT2D eigenvalue weighted by Gasteiger charge is -2.49. The molecule has 2 heterocycles. The number of aliphatic carboxylic acids is 1. The Morgan fingerprint density at radius 2 is 2.08 bits per heavy atom. The number of nitrogens with one attached hydrogen (secondary N) is 1. The first-order valence-electron chi connectivity index (χ1n) is 7.51. The predicted molar refractivity (Wildman–Crippen MR) is 90.1 cm³/mol. The van der Waals surface area contributed by atoms with Crippen LogP contribution in [0.15, 0.2) is 41.8 Å². The quantitative estimate of drug-likeness (QED) is 0.631. The molecule has 0 aliphatic carbocycles. The van der Waals surface area contributed by atoms with Crippen molar-refractivity contribution in [1.29, 1.82) is 0 Å². The standard InChI is InChI=1S/C16H17N3O5S/c1-24-9-7-25-15-11(14(21)19(15)12(9)16(22)23)18-13(20)10(17)8-5-3-2-4-6-8/h2-6,10-11,15H,7,17H2,1H3,(H,18,20)(H,22,23). The third-order valence-corrected chi connectivity index (χ3v) is 5.37. The Morgan fingerprint density at radius 3 is 2.68 bits per heavy atom. The number of hydrogen-bond acceptors (Lipinski definition) is 6. The Balaban J connectivity index is 1.73. The van der Waals surface area contributed by atoms with Crippen molar-refractivity contribution in [2.75, 3.05) is 12.9 Å². The monoisotopic (exact) mass is 363 g/mol. The van der Waals surface area contributed by atoms with Gasteiger partial charge < -0.3 is 20.9 Å². The molecular weight excluding hydrogens is 346 g/mol. The van der Waals surface area contributed by atoms with Crippen molar-refractivity contribution in [2.45, 2.75) is 17.5 Å². The first-order chi connectivity index (χ1) is 12.0. The molecule has 3 atom stereocenters. The molecule has 0 aromatic heterocycles. The van der Waals surface area contributed by atoms with Crippen molar-refractivity contribution in [3.63, 3.8) is 0 Å². The van der Waals surface area contributed by atoms with Gasteiger partial charge in [-0.25, -0.2) is 4.79 Å². The van der Waals surface area contributed by atoms with Crippen molar-refractivity contribution in [2.24, 2.45) is 5.73 Å². The Kier molecular flexibility index (Phi) is 4.69. The first kappa shape index (κ1) is 17.3. The molecule has 9 heteroatoms. The summed E-state index contributed by atoms with van der Waals surface area (Å²) in [6, 6.07) is 7.10. The van der Waals surface area contributed by atoms with Crippen molar-refractivity contribution < 1.29 is 24.2 Å². The van der Waals surface area contributed by atoms with Crippen LogP contribution in [0.3, 0.4) is 0 Å². The molecule has 2 aliphatic rings. The number of hydrogen-bond donors (Lipinski definition) is 3. The molecule has 0 spiro atoms. The SMILES string of the molecule is COC1=C(C(=O)O)N2C(=O)C(NC(=O)C(N)c3ccccc3)C2SC1. The maximum absolute atomic E-state index is 12.4. The molecule has 2 amide bonds. The zero-order valence-electron chi connectivity index (χ0n) is 13.3. The summed E-state index contributed by atoms with van der Waals surface area (Å²) in [6.07, 6.45) is 0. The van der Waals surface area contributed by atoms with E-state index in [0.29, 0.717) is 11.3 Å². The summed E-state index contributed by atoms with van der Waals surface area (Å²) >= 11 is 1.33. The van der Waals surface area contributed by atoms with Crippen molar-refractivity contribution >= 4 is 29.5 Å². The molecule has 25 heavy (non-hydrogen) atoms. The van der Waals surface area contributed by atoms with E-state index in [0.717, 1.165) is 4.90 Å². The summed E-state index contributed by atoms with van der Waals surface area (Å²) < 4.78 is 5.06. The van der Waals surface area contributed by atoms with Gasteiger partial charge in [0, 0.05) is 0 Å². The van der Waals surface area contributed by atoms with E-state index in [1.807, 2.05) is 6.07 Å². The highest BCUT2D eigenvalue weighted by Crippen LogP contribution is 2.40. The van der Waals surface area contributed by atoms with Gasteiger partial charge in [-0.3, -0.25) is 14.5 Å². The number of rotatable bonds is 5. The number of β-lactam (4-membered cyclic amide) rings is 1. The largest absolute Gasteiger partial charge is 0.498 e. The van der Waals surface area contributed by atoms with Gasteiger partial charge >= 0.3 is 5.97 Å². The molecule has 0 saturated carbocycles. The van der Waals surface area contributed by atoms with Crippen LogP contribution in [0.5, 0.6) is 0 Å². The highest BCUT2D eigenvalue weighted by Gasteiger charge is 2.54. The molecule has 1 aromatic carbocycles. The number of carbonyl (C=O) groups is 3. The van der Waals surface area contributed by atoms with E-state index in [-0.39, 0.29) is 11.5 Å². The average molecular weight is 363 g/mol. The highest BCUT2D eigenvalue weighted by molar-refractivity contribution is 8.00. The average Bonchev–Trinajstić information content (AvgIpc) is 2.64. The summed E-state index contributed by atoms with van der Waals surface area (Å²) in [4.78, 5) is 37.3. The van der Waals surface area contributed by atoms with Crippen LogP contribution in [-0.4, -0.2) is 52.1 Å². The number of carbonyl (C=O) groups excluding carboxylic acids is 2. The van der Waals surface area contributed by atoms with Gasteiger partial charge in [-0.15, -0.1) is 11.8 Å². The van der Waals surface area contributed by atoms with Gasteiger partial charge in [0.25, 0.3) is 5.91 Å². The molecule has 3 rings (SSSR count). The van der Waals surface area contributed by atoms with Crippen LogP contribution < -0.4 is 11.1 Å². The molecule has 132 valence electrons. The number of thioether (sulfide) groups is 1. The van der Waals surface area contributed by atoms with Gasteiger partial charge in [-0.1, -0.05) is 30.3 Å². The van der Waals surface area contributed by atoms with E-state index in [1.165, 1.54) is 18.9 Å². The summed E-state index contributed by atoms with van der Waals surface area (Å²) in [7, 11) is 1.36. The summed E-state index contributed by atoms with van der Waals surface area (Å²) in [6.45, 7) is 0. The Hall–Kier alpha value is -2.52. The van der Waals surface area contributed by atoms with Gasteiger partial charge in [-0.05, 0) is 5.56 Å². The Bertz CT molecular complexity index is 751. The van der Waals surface area contributed by atoms with Crippen LogP contribution in [0.4, 0.5) is 0 Å². The lowest BCUT2D eigenvalue weighted by Crippen LogP contribution is -2.71. The summed E-state index contributed by atoms with van der Waals surface area (Å²) in [5.74, 6) is -1.67. The summed E-state index contributed by atoms with van der Waals surface area (Å²) in [5, 5.41) is 11.5. The normalized spacial score (nSPS) is 23.4. The molecule has 3 unspecified atom stereocenters. The molecule has 8 nitrogen and oxygen atoms in total. The highest BCUT2D eigenvalue weighted by atomic mass is 32.2. The van der Waals surface area contributed by atoms with E-state index in [4.69, 9.17) is 10.5 Å². The summed E-state index contributed by atoms with van der Waals surface area (Å²) in [5.41, 5.74) is 6.39. The number of nitrogens with two attached hydrogens (primary N) is 1. The van der Waals surface area contributed by atoms with Crippen LogP contribution in [0.25, 0.3) is 0 Å². The van der Waals surface area contributed by atoms with E-state index < -0.39 is 35.2 Å². The van der Waals surface area contributed by atoms with E-state index >= 15 is 0 Å². The molecule has 1 aromatic rings. The number of fused-ring (bicyclic) bond motifs is 1. The third-order valence-electron chi connectivity index (χ3n) is 4.12. The molecule has 4 N–H and O–H groups in total. The van der Waals surface area contributed by atoms with Crippen LogP contribution in [0.2, 0.25) is 0 Å². The zero-order chi connectivity index (χ0) is 18.1. The van der Waals surface area contributed by atoms with Gasteiger partial charge in [-0.2, -0.15) is 0 Å². The lowest BCUT2D eigenvalue weighted by atomic mass is 10.0. The minimum atomic E-state index is -1.23. The van der Waals surface area contributed by atoms with Crippen LogP contribution in [0.1, 0.15) is 11.6 Å². The number of amides is 2. The molecule has 2 aliphatic heterocycles. The Labute approximate surface area is 148 Å². The smallest absolute Gasteiger partial charge is 0.356 e. The lowest BCUT2D eigenvalue weighted by molar-refractivity contribution is -0.151. The second-order valence-corrected chi connectivity index (χ2v) is 6.67. The fourth-order valence-electron chi connectivity index (χ4n) is 2.80. The number of ether oxygens (including phenoxy) is 1. The van der Waals surface area contributed by atoms with Crippen molar-refractivity contribution in [3.8, 4) is 0 Å². The molecule has 0 radical (unpaired) electrons. The molecule has 0 bridgehead atoms. The van der Waals surface area contributed by atoms with E-state index in [9.17, 15) is 19.5 Å². The first-order valence-corrected chi connectivity index (χ1v) is 8.56. The van der Waals surface area contributed by atoms with Crippen molar-refractivity contribution in [1.82, 2.24) is 10.2 Å². The fourth-order valence-corrected chi connectivity index (χ4v) is 4.11. The van der Waals surface area contributed by atoms with Gasteiger partial charge in [0.15, 0.2) is 5.70 Å². The maximum atomic E-state index is 12.4. The molecular formula is C16H17N3O5S. The zero-order valence-corrected chi connectivity index (χ0v) is 14.2. The van der Waals surface area contributed by atoms with E-state index in [2.05, 4.69) is 5.32 Å². The number of benzene rings is 1. The second kappa shape index (κ2) is 6.77. The molecule has 1 saturated heterocycles. The number of methoxy groups -OCH3 is 1.